The molecule has 1 unspecified atom stereocenters. The number of nitrogens with zero attached hydrogens (tertiary/aromatic N) is 3. The van der Waals surface area contributed by atoms with Gasteiger partial charge in [-0.15, -0.1) is 0 Å². The molecule has 2 aromatic heterocycles. The molecule has 7 rings (SSSR count). The van der Waals surface area contributed by atoms with E-state index in [-0.39, 0.29) is 23.2 Å². The second kappa shape index (κ2) is 9.94. The number of H-pyrrole nitrogens is 1. The first kappa shape index (κ1) is 26.6. The molecular formula is C35H28N4O4. The van der Waals surface area contributed by atoms with Crippen LogP contribution in [0.2, 0.25) is 0 Å². The van der Waals surface area contributed by atoms with Gasteiger partial charge < -0.3 is 9.55 Å². The number of aromatic nitrogens is 4. The van der Waals surface area contributed by atoms with Crippen LogP contribution in [0.5, 0.6) is 0 Å². The van der Waals surface area contributed by atoms with Crippen LogP contribution in [0.3, 0.4) is 0 Å². The Hall–Kier alpha value is -5.24. The fourth-order valence-electron chi connectivity index (χ4n) is 6.14. The fourth-order valence-corrected chi connectivity index (χ4v) is 6.14. The minimum atomic E-state index is -0.562. The Bertz CT molecular complexity index is 1990. The summed E-state index contributed by atoms with van der Waals surface area (Å²) in [4.78, 5) is 63.6. The molecule has 1 atom stereocenters. The summed E-state index contributed by atoms with van der Waals surface area (Å²) in [5, 5.41) is 0. The quantitative estimate of drug-likeness (QED) is 0.243. The third-order valence-corrected chi connectivity index (χ3v) is 8.32. The van der Waals surface area contributed by atoms with Crippen molar-refractivity contribution in [1.82, 2.24) is 19.5 Å². The van der Waals surface area contributed by atoms with Gasteiger partial charge in [-0.25, -0.2) is 9.97 Å². The second-order valence-electron chi connectivity index (χ2n) is 11.6. The van der Waals surface area contributed by atoms with Crippen LogP contribution in [-0.2, 0) is 13.0 Å². The number of Topliss-reactive ketones (excluding diaryl/α,β-unsaturated/α-hetero) is 4. The highest BCUT2D eigenvalue weighted by atomic mass is 16.2. The molecule has 2 aliphatic rings. The summed E-state index contributed by atoms with van der Waals surface area (Å²) < 4.78 is 2.06. The van der Waals surface area contributed by atoms with Crippen molar-refractivity contribution in [2.45, 2.75) is 45.6 Å². The number of benzene rings is 3. The minimum absolute atomic E-state index is 0.0280. The summed E-state index contributed by atoms with van der Waals surface area (Å²) in [5.41, 5.74) is 6.05. The number of fused-ring (bicyclic) bond motifs is 6. The summed E-state index contributed by atoms with van der Waals surface area (Å²) in [6.07, 6.45) is 0.679. The van der Waals surface area contributed by atoms with Crippen LogP contribution in [0.15, 0.2) is 72.8 Å². The molecule has 0 fully saturated rings. The van der Waals surface area contributed by atoms with Crippen molar-refractivity contribution in [3.05, 3.63) is 118 Å². The zero-order chi connectivity index (χ0) is 30.0. The molecule has 0 radical (unpaired) electrons. The second-order valence-corrected chi connectivity index (χ2v) is 11.6. The Morgan fingerprint density at radius 1 is 0.651 bits per heavy atom. The van der Waals surface area contributed by atoms with E-state index < -0.39 is 23.1 Å². The molecule has 8 nitrogen and oxygen atoms in total. The number of rotatable bonds is 6. The topological polar surface area (TPSA) is 115 Å². The van der Waals surface area contributed by atoms with Crippen molar-refractivity contribution in [2.75, 3.05) is 0 Å². The molecule has 0 spiro atoms. The lowest BCUT2D eigenvalue weighted by molar-refractivity contribution is 0.0812. The van der Waals surface area contributed by atoms with E-state index in [1.54, 1.807) is 24.3 Å². The van der Waals surface area contributed by atoms with Gasteiger partial charge in [-0.2, -0.15) is 0 Å². The highest BCUT2D eigenvalue weighted by Gasteiger charge is 2.36. The number of carbonyl (C=O) groups is 4. The Morgan fingerprint density at radius 3 is 1.91 bits per heavy atom. The van der Waals surface area contributed by atoms with E-state index in [2.05, 4.69) is 38.8 Å². The van der Waals surface area contributed by atoms with Crippen LogP contribution in [0.1, 0.15) is 97.1 Å². The number of hydrogen-bond acceptors (Lipinski definition) is 6. The molecule has 3 aromatic carbocycles. The van der Waals surface area contributed by atoms with E-state index in [0.29, 0.717) is 46.9 Å². The fraction of sp³-hybridized carbons (Fsp3) is 0.200. The van der Waals surface area contributed by atoms with E-state index in [1.807, 2.05) is 45.0 Å². The van der Waals surface area contributed by atoms with E-state index in [4.69, 9.17) is 4.98 Å². The van der Waals surface area contributed by atoms with Gasteiger partial charge in [0.25, 0.3) is 11.6 Å². The summed E-state index contributed by atoms with van der Waals surface area (Å²) >= 11 is 0. The van der Waals surface area contributed by atoms with Gasteiger partial charge in [0.05, 0.1) is 5.69 Å². The van der Waals surface area contributed by atoms with Gasteiger partial charge in [0.15, 0.2) is 0 Å². The number of aromatic amines is 1. The Kier molecular flexibility index (Phi) is 6.16. The number of nitrogens with one attached hydrogen (secondary N) is 1. The van der Waals surface area contributed by atoms with Gasteiger partial charge in [-0.1, -0.05) is 93.6 Å². The average molecular weight is 569 g/mol. The monoisotopic (exact) mass is 568 g/mol. The third kappa shape index (κ3) is 4.21. The molecule has 43 heavy (non-hydrogen) atoms. The maximum Gasteiger partial charge on any atom is 0.254 e. The summed E-state index contributed by atoms with van der Waals surface area (Å²) in [6, 6.07) is 22.5. The maximum atomic E-state index is 13.0. The van der Waals surface area contributed by atoms with Crippen LogP contribution >= 0.6 is 0 Å². The highest BCUT2D eigenvalue weighted by Crippen LogP contribution is 2.37. The molecule has 1 N–H and O–H groups in total. The first-order valence-electron chi connectivity index (χ1n) is 14.4. The van der Waals surface area contributed by atoms with E-state index >= 15 is 0 Å². The standard InChI is InChI=1S/C35H28N4O4/c1-18(2)35-38-28-29(23-9-5-7-11-25(23)31(41)33(28)43)39(35)17-21-14-12-20(13-15-21)16-19(3)34-36-26-22-8-4-6-10-24(22)30(40)32(42)27(26)37-34/h4-15,18-19H,16-17H2,1-3H3,(H,36,37). The van der Waals surface area contributed by atoms with Crippen molar-refractivity contribution < 1.29 is 19.2 Å². The third-order valence-electron chi connectivity index (χ3n) is 8.32. The number of carbonyl (C=O) groups excluding carboxylic acids is 4. The highest BCUT2D eigenvalue weighted by molar-refractivity contribution is 6.53. The zero-order valence-corrected chi connectivity index (χ0v) is 24.0. The molecule has 0 saturated carbocycles. The molecule has 0 aliphatic heterocycles. The van der Waals surface area contributed by atoms with Gasteiger partial charge in [-0.05, 0) is 17.5 Å². The van der Waals surface area contributed by atoms with Crippen LogP contribution < -0.4 is 0 Å². The first-order chi connectivity index (χ1) is 20.7. The molecule has 5 aromatic rings. The maximum absolute atomic E-state index is 13.0. The van der Waals surface area contributed by atoms with Crippen molar-refractivity contribution in [2.24, 2.45) is 0 Å². The predicted molar refractivity (Wildman–Crippen MR) is 161 cm³/mol. The lowest BCUT2D eigenvalue weighted by atomic mass is 9.90. The van der Waals surface area contributed by atoms with Gasteiger partial charge in [0.1, 0.15) is 28.7 Å². The Balaban J connectivity index is 1.15. The zero-order valence-electron chi connectivity index (χ0n) is 24.0. The van der Waals surface area contributed by atoms with Crippen molar-refractivity contribution in [3.8, 4) is 22.5 Å². The number of hydrogen-bond donors (Lipinski definition) is 1. The van der Waals surface area contributed by atoms with Crippen molar-refractivity contribution in [3.63, 3.8) is 0 Å². The molecule has 2 aliphatic carbocycles. The van der Waals surface area contributed by atoms with Crippen LogP contribution in [0.4, 0.5) is 0 Å². The van der Waals surface area contributed by atoms with E-state index in [1.165, 1.54) is 0 Å². The average Bonchev–Trinajstić information content (AvgIpc) is 3.63. The summed E-state index contributed by atoms with van der Waals surface area (Å²) in [6.45, 7) is 6.60. The van der Waals surface area contributed by atoms with E-state index in [0.717, 1.165) is 22.5 Å². The van der Waals surface area contributed by atoms with Crippen LogP contribution in [-0.4, -0.2) is 42.7 Å². The van der Waals surface area contributed by atoms with Gasteiger partial charge in [0, 0.05) is 40.6 Å². The smallest absolute Gasteiger partial charge is 0.254 e. The van der Waals surface area contributed by atoms with E-state index in [9.17, 15) is 19.2 Å². The molecule has 8 heteroatoms. The Morgan fingerprint density at radius 2 is 1.23 bits per heavy atom. The largest absolute Gasteiger partial charge is 0.338 e. The van der Waals surface area contributed by atoms with Crippen LogP contribution in [0, 0.1) is 0 Å². The number of imidazole rings is 2. The predicted octanol–water partition coefficient (Wildman–Crippen LogP) is 6.22. The first-order valence-corrected chi connectivity index (χ1v) is 14.4. The van der Waals surface area contributed by atoms with Crippen molar-refractivity contribution in [1.29, 1.82) is 0 Å². The normalized spacial score (nSPS) is 14.4. The Labute approximate surface area is 247 Å². The molecule has 2 heterocycles. The SMILES string of the molecule is CC(C)c1nc2c(n1Cc1ccc(CC(C)c3nc4c([nH]3)C(=O)C(=O)c3ccccc3-4)cc1)-c1ccccc1C(=O)C2=O. The number of ketones is 4. The van der Waals surface area contributed by atoms with Crippen molar-refractivity contribution >= 4 is 23.1 Å². The molecule has 0 amide bonds. The molecule has 0 saturated heterocycles. The molecule has 212 valence electrons. The summed E-state index contributed by atoms with van der Waals surface area (Å²) in [7, 11) is 0. The minimum Gasteiger partial charge on any atom is -0.338 e. The summed E-state index contributed by atoms with van der Waals surface area (Å²) in [5.74, 6) is -0.699. The van der Waals surface area contributed by atoms with Gasteiger partial charge >= 0.3 is 0 Å². The van der Waals surface area contributed by atoms with Crippen LogP contribution in [0.25, 0.3) is 22.5 Å². The molecule has 0 bridgehead atoms. The van der Waals surface area contributed by atoms with Gasteiger partial charge in [-0.3, -0.25) is 19.2 Å². The lowest BCUT2D eigenvalue weighted by Gasteiger charge is -2.19. The lowest BCUT2D eigenvalue weighted by Crippen LogP contribution is -2.22. The molecular weight excluding hydrogens is 540 g/mol. The van der Waals surface area contributed by atoms with Gasteiger partial charge in [0.2, 0.25) is 11.6 Å².